The number of aryl methyl sites for hydroxylation is 1. The van der Waals surface area contributed by atoms with Crippen LogP contribution < -0.4 is 9.64 Å². The number of aromatic hydroxyl groups is 1. The molecule has 6 heteroatoms. The molecular weight excluding hydrogens is 404 g/mol. The molecule has 170 valence electrons. The lowest BCUT2D eigenvalue weighted by atomic mass is 10.0. The van der Waals surface area contributed by atoms with Gasteiger partial charge in [0.1, 0.15) is 29.6 Å². The van der Waals surface area contributed by atoms with Crippen LogP contribution in [0.2, 0.25) is 0 Å². The second-order valence-electron chi connectivity index (χ2n) is 8.19. The fourth-order valence-corrected chi connectivity index (χ4v) is 3.70. The maximum atomic E-state index is 11.2. The lowest BCUT2D eigenvalue weighted by Crippen LogP contribution is -2.25. The van der Waals surface area contributed by atoms with E-state index in [9.17, 15) is 9.90 Å². The van der Waals surface area contributed by atoms with E-state index in [1.807, 2.05) is 6.07 Å². The van der Waals surface area contributed by atoms with Gasteiger partial charge in [-0.25, -0.2) is 4.98 Å². The maximum Gasteiger partial charge on any atom is 0.323 e. The number of aromatic nitrogens is 1. The number of pyridine rings is 1. The van der Waals surface area contributed by atoms with Gasteiger partial charge < -0.3 is 19.8 Å². The molecule has 3 aromatic rings. The first-order chi connectivity index (χ1) is 15.5. The van der Waals surface area contributed by atoms with E-state index in [-0.39, 0.29) is 12.3 Å². The monoisotopic (exact) mass is 436 g/mol. The van der Waals surface area contributed by atoms with Crippen LogP contribution in [0.3, 0.4) is 0 Å². The Labute approximate surface area is 189 Å². The molecule has 2 aromatic carbocycles. The molecule has 0 saturated carbocycles. The van der Waals surface area contributed by atoms with Gasteiger partial charge in [0, 0.05) is 18.5 Å². The quantitative estimate of drug-likeness (QED) is 0.331. The second-order valence-corrected chi connectivity index (χ2v) is 8.19. The highest BCUT2D eigenvalue weighted by atomic mass is 16.5. The predicted octanol–water partition coefficient (Wildman–Crippen LogP) is 6.16. The smallest absolute Gasteiger partial charge is 0.323 e. The van der Waals surface area contributed by atoms with Gasteiger partial charge in [-0.1, -0.05) is 45.1 Å². The number of anilines is 1. The lowest BCUT2D eigenvalue weighted by Gasteiger charge is -2.18. The Bertz CT molecular complexity index is 1030. The third-order valence-corrected chi connectivity index (χ3v) is 5.47. The van der Waals surface area contributed by atoms with Crippen molar-refractivity contribution in [3.63, 3.8) is 0 Å². The van der Waals surface area contributed by atoms with Gasteiger partial charge in [0.25, 0.3) is 0 Å². The Balaban J connectivity index is 1.87. The molecule has 0 radical (unpaired) electrons. The molecule has 1 aromatic heterocycles. The maximum absolute atomic E-state index is 11.2. The van der Waals surface area contributed by atoms with Gasteiger partial charge in [-0.05, 0) is 54.8 Å². The summed E-state index contributed by atoms with van der Waals surface area (Å²) in [5, 5.41) is 19.6. The number of likely N-dealkylation sites (N-methyl/N-ethyl adjacent to an activating group) is 1. The molecular formula is C26H32N2O4. The summed E-state index contributed by atoms with van der Waals surface area (Å²) in [4.78, 5) is 17.4. The van der Waals surface area contributed by atoms with E-state index in [0.717, 1.165) is 23.7 Å². The zero-order valence-corrected chi connectivity index (χ0v) is 18.9. The molecule has 0 atom stereocenters. The van der Waals surface area contributed by atoms with E-state index in [0.29, 0.717) is 17.3 Å². The summed E-state index contributed by atoms with van der Waals surface area (Å²) in [6, 6.07) is 14.5. The number of carboxylic acids is 1. The van der Waals surface area contributed by atoms with Crippen LogP contribution in [0.25, 0.3) is 10.9 Å². The van der Waals surface area contributed by atoms with Crippen molar-refractivity contribution in [3.05, 3.63) is 54.1 Å². The summed E-state index contributed by atoms with van der Waals surface area (Å²) < 4.78 is 6.14. The summed E-state index contributed by atoms with van der Waals surface area (Å²) >= 11 is 0. The number of ether oxygens (including phenoxy) is 1. The fraction of sp³-hybridized carbons (Fsp3) is 0.385. The van der Waals surface area contributed by atoms with Crippen LogP contribution in [0.4, 0.5) is 5.82 Å². The highest BCUT2D eigenvalue weighted by molar-refractivity contribution is 5.88. The van der Waals surface area contributed by atoms with Gasteiger partial charge in [0.15, 0.2) is 0 Å². The van der Waals surface area contributed by atoms with Gasteiger partial charge in [0.2, 0.25) is 0 Å². The largest absolute Gasteiger partial charge is 0.508 e. The molecule has 0 spiro atoms. The molecule has 3 rings (SSSR count). The molecule has 32 heavy (non-hydrogen) atoms. The molecule has 0 bridgehead atoms. The van der Waals surface area contributed by atoms with Gasteiger partial charge >= 0.3 is 5.97 Å². The number of nitrogens with zero attached hydrogens (tertiary/aromatic N) is 2. The first-order valence-electron chi connectivity index (χ1n) is 11.3. The number of hydrogen-bond acceptors (Lipinski definition) is 5. The van der Waals surface area contributed by atoms with Crippen molar-refractivity contribution in [2.45, 2.75) is 51.9 Å². The predicted molar refractivity (Wildman–Crippen MR) is 128 cm³/mol. The topological polar surface area (TPSA) is 82.9 Å². The Hall–Kier alpha value is -3.28. The third kappa shape index (κ3) is 6.61. The van der Waals surface area contributed by atoms with Gasteiger partial charge in [0.05, 0.1) is 5.52 Å². The minimum absolute atomic E-state index is 0.159. The van der Waals surface area contributed by atoms with Crippen LogP contribution in [0.15, 0.2) is 48.5 Å². The minimum atomic E-state index is -0.926. The van der Waals surface area contributed by atoms with Crippen LogP contribution in [0.1, 0.15) is 51.0 Å². The number of hydrogen-bond donors (Lipinski definition) is 2. The summed E-state index contributed by atoms with van der Waals surface area (Å²) in [6.45, 7) is 2.07. The van der Waals surface area contributed by atoms with Crippen molar-refractivity contribution in [2.24, 2.45) is 0 Å². The molecule has 0 unspecified atom stereocenters. The van der Waals surface area contributed by atoms with Crippen LogP contribution >= 0.6 is 0 Å². The SMILES string of the molecule is CCCCCCCCc1ccc2nc(N(C)CC(=O)O)cc(Oc3ccc(O)cc3)c2c1. The minimum Gasteiger partial charge on any atom is -0.508 e. The second kappa shape index (κ2) is 11.4. The standard InChI is InChI=1S/C26H32N2O4/c1-3-4-5-6-7-8-9-19-10-15-23-22(16-19)24(32-21-13-11-20(29)12-14-21)17-25(27-23)28(2)18-26(30)31/h10-17,29H,3-9,18H2,1-2H3,(H,30,31). The number of carboxylic acid groups (broad SMARTS) is 1. The molecule has 6 nitrogen and oxygen atoms in total. The summed E-state index contributed by atoms with van der Waals surface area (Å²) in [7, 11) is 1.69. The molecule has 2 N–H and O–H groups in total. The van der Waals surface area contributed by atoms with E-state index < -0.39 is 5.97 Å². The Morgan fingerprint density at radius 1 is 1.00 bits per heavy atom. The van der Waals surface area contributed by atoms with E-state index >= 15 is 0 Å². The van der Waals surface area contributed by atoms with Crippen molar-refractivity contribution in [2.75, 3.05) is 18.5 Å². The van der Waals surface area contributed by atoms with Gasteiger partial charge in [-0.2, -0.15) is 0 Å². The average molecular weight is 437 g/mol. The van der Waals surface area contributed by atoms with E-state index in [2.05, 4.69) is 24.0 Å². The number of benzene rings is 2. The molecule has 0 fully saturated rings. The molecule has 0 amide bonds. The Kier molecular flexibility index (Phi) is 8.31. The normalized spacial score (nSPS) is 10.9. The zero-order chi connectivity index (χ0) is 22.9. The van der Waals surface area contributed by atoms with Crippen molar-refractivity contribution in [3.8, 4) is 17.2 Å². The number of fused-ring (bicyclic) bond motifs is 1. The van der Waals surface area contributed by atoms with E-state index in [4.69, 9.17) is 9.84 Å². The number of rotatable bonds is 12. The summed E-state index contributed by atoms with van der Waals surface area (Å²) in [5.41, 5.74) is 1.98. The third-order valence-electron chi connectivity index (χ3n) is 5.47. The molecule has 1 heterocycles. The number of phenols is 1. The van der Waals surface area contributed by atoms with Crippen LogP contribution in [0, 0.1) is 0 Å². The van der Waals surface area contributed by atoms with Crippen molar-refractivity contribution >= 4 is 22.7 Å². The Morgan fingerprint density at radius 2 is 1.72 bits per heavy atom. The zero-order valence-electron chi connectivity index (χ0n) is 18.9. The van der Waals surface area contributed by atoms with Crippen molar-refractivity contribution in [1.82, 2.24) is 4.98 Å². The van der Waals surface area contributed by atoms with Crippen molar-refractivity contribution in [1.29, 1.82) is 0 Å². The summed E-state index contributed by atoms with van der Waals surface area (Å²) in [5.74, 6) is 0.961. The number of phenolic OH excluding ortho intramolecular Hbond substituents is 1. The number of aliphatic carboxylic acids is 1. The lowest BCUT2D eigenvalue weighted by molar-refractivity contribution is -0.135. The average Bonchev–Trinajstić information content (AvgIpc) is 2.77. The van der Waals surface area contributed by atoms with Gasteiger partial charge in [-0.15, -0.1) is 0 Å². The first kappa shape index (κ1) is 23.4. The molecule has 0 aliphatic carbocycles. The van der Waals surface area contributed by atoms with E-state index in [1.165, 1.54) is 37.7 Å². The van der Waals surface area contributed by atoms with E-state index in [1.54, 1.807) is 42.3 Å². The van der Waals surface area contributed by atoms with Gasteiger partial charge in [-0.3, -0.25) is 4.79 Å². The molecule has 0 saturated heterocycles. The van der Waals surface area contributed by atoms with Crippen molar-refractivity contribution < 1.29 is 19.7 Å². The van der Waals surface area contributed by atoms with Crippen LogP contribution in [0.5, 0.6) is 17.2 Å². The Morgan fingerprint density at radius 3 is 2.44 bits per heavy atom. The highest BCUT2D eigenvalue weighted by Gasteiger charge is 2.14. The fourth-order valence-electron chi connectivity index (χ4n) is 3.70. The first-order valence-corrected chi connectivity index (χ1v) is 11.3. The van der Waals surface area contributed by atoms with Crippen LogP contribution in [-0.2, 0) is 11.2 Å². The molecule has 0 aliphatic rings. The number of carbonyl (C=O) groups is 1. The van der Waals surface area contributed by atoms with Crippen LogP contribution in [-0.4, -0.2) is 34.8 Å². The summed E-state index contributed by atoms with van der Waals surface area (Å²) in [6.07, 6.45) is 8.51. The molecule has 0 aliphatic heterocycles. The number of unbranched alkanes of at least 4 members (excludes halogenated alkanes) is 5. The highest BCUT2D eigenvalue weighted by Crippen LogP contribution is 2.34.